The number of fused-ring (bicyclic) bond motifs is 8. The molecule has 223 valence electrons. The van der Waals surface area contributed by atoms with Crippen LogP contribution in [0.25, 0.3) is 0 Å². The maximum absolute atomic E-state index is 5.42. The zero-order valence-electron chi connectivity index (χ0n) is 26.7. The fraction of sp³-hybridized carbons (Fsp3) is 0.556. The average Bonchev–Trinajstić information content (AvgIpc) is 3.67. The van der Waals surface area contributed by atoms with E-state index in [0.29, 0.717) is 0 Å². The van der Waals surface area contributed by atoms with Gasteiger partial charge in [-0.15, -0.1) is 0 Å². The molecule has 0 aromatic carbocycles. The minimum Gasteiger partial charge on any atom is -0.664 e. The van der Waals surface area contributed by atoms with Crippen molar-refractivity contribution in [1.82, 2.24) is 19.9 Å². The molecule has 0 unspecified atom stereocenters. The van der Waals surface area contributed by atoms with E-state index in [-0.39, 0.29) is 16.8 Å². The van der Waals surface area contributed by atoms with Crippen LogP contribution in [0.15, 0.2) is 0 Å². The second-order valence-corrected chi connectivity index (χ2v) is 11.5. The summed E-state index contributed by atoms with van der Waals surface area (Å²) in [6.07, 6.45) is 11.9. The average molecular weight is 598 g/mol. The molecule has 1 aliphatic heterocycles. The molecule has 0 saturated heterocycles. The number of hydrogen-bond donors (Lipinski definition) is 2. The quantitative estimate of drug-likeness (QED) is 0.195. The van der Waals surface area contributed by atoms with Gasteiger partial charge in [0.2, 0.25) is 0 Å². The van der Waals surface area contributed by atoms with Gasteiger partial charge in [0.15, 0.2) is 0 Å². The first-order valence-corrected chi connectivity index (χ1v) is 16.2. The molecular formula is C36H50CoN4. The fourth-order valence-electron chi connectivity index (χ4n) is 7.92. The Hall–Kier alpha value is -2.37. The van der Waals surface area contributed by atoms with E-state index >= 15 is 0 Å². The van der Waals surface area contributed by atoms with Gasteiger partial charge in [0.1, 0.15) is 0 Å². The van der Waals surface area contributed by atoms with Gasteiger partial charge in [-0.3, -0.25) is 0 Å². The first kappa shape index (κ1) is 31.6. The van der Waals surface area contributed by atoms with Gasteiger partial charge in [-0.2, -0.15) is 22.8 Å². The SMILES string of the molecule is CCc1c2[n-]c(c1CC)Cc1[nH]c(c(CC)c1CC)Cc1[n-]c(c(CC)c1CC)Cc1[nH]c(c(CC)c1CC)C2.[Co+2]. The minimum absolute atomic E-state index is 0. The van der Waals surface area contributed by atoms with Crippen LogP contribution >= 0.6 is 0 Å². The van der Waals surface area contributed by atoms with Gasteiger partial charge < -0.3 is 19.9 Å². The maximum atomic E-state index is 5.42. The number of aromatic nitrogens is 4. The van der Waals surface area contributed by atoms with Crippen molar-refractivity contribution in [3.8, 4) is 0 Å². The number of nitrogens with one attached hydrogen (secondary N) is 2. The molecule has 41 heavy (non-hydrogen) atoms. The number of aromatic amines is 2. The van der Waals surface area contributed by atoms with Crippen molar-refractivity contribution in [2.24, 2.45) is 0 Å². The first-order chi connectivity index (χ1) is 19.5. The van der Waals surface area contributed by atoms with Gasteiger partial charge >= 0.3 is 16.8 Å². The van der Waals surface area contributed by atoms with Crippen LogP contribution in [-0.4, -0.2) is 9.97 Å². The van der Waals surface area contributed by atoms with E-state index < -0.39 is 0 Å². The van der Waals surface area contributed by atoms with E-state index in [1.807, 2.05) is 0 Å². The van der Waals surface area contributed by atoms with Crippen molar-refractivity contribution >= 4 is 0 Å². The molecule has 1 aliphatic rings. The third-order valence-electron chi connectivity index (χ3n) is 9.66. The Bertz CT molecular complexity index is 1170. The van der Waals surface area contributed by atoms with Crippen molar-refractivity contribution in [3.05, 3.63) is 90.1 Å². The Morgan fingerprint density at radius 2 is 0.561 bits per heavy atom. The van der Waals surface area contributed by atoms with E-state index in [9.17, 15) is 0 Å². The van der Waals surface area contributed by atoms with E-state index in [1.165, 1.54) is 90.1 Å². The molecule has 4 aromatic heterocycles. The van der Waals surface area contributed by atoms with Crippen LogP contribution < -0.4 is 9.97 Å². The molecule has 0 aliphatic carbocycles. The fourth-order valence-corrected chi connectivity index (χ4v) is 7.92. The molecule has 0 spiro atoms. The Balaban J connectivity index is 0.00000387. The predicted molar refractivity (Wildman–Crippen MR) is 167 cm³/mol. The smallest absolute Gasteiger partial charge is 0.664 e. The van der Waals surface area contributed by atoms with Crippen LogP contribution in [0.2, 0.25) is 0 Å². The molecule has 8 bridgehead atoms. The molecular weight excluding hydrogens is 547 g/mol. The van der Waals surface area contributed by atoms with Crippen LogP contribution in [-0.2, 0) is 93.8 Å². The topological polar surface area (TPSA) is 59.8 Å². The Kier molecular flexibility index (Phi) is 10.2. The largest absolute Gasteiger partial charge is 2.00 e. The number of nitrogens with zero attached hydrogens (tertiary/aromatic N) is 2. The van der Waals surface area contributed by atoms with Crippen LogP contribution in [0.5, 0.6) is 0 Å². The standard InChI is InChI=1S/C36H50N4.Co/c1-9-21-22(10-2)30-18-32-25(13-5)26(14-6)34(39-32)20-36-28(16-8)27(15-7)35(40-36)19-33-24(12-4)23(11-3)31(38-33)17-29(21)37-30;/h37,40H,9-20H2,1-8H3;/q-2;+2. The summed E-state index contributed by atoms with van der Waals surface area (Å²) in [5, 5.41) is 0. The third-order valence-corrected chi connectivity index (χ3v) is 9.66. The molecule has 2 N–H and O–H groups in total. The van der Waals surface area contributed by atoms with Crippen molar-refractivity contribution in [3.63, 3.8) is 0 Å². The summed E-state index contributed by atoms with van der Waals surface area (Å²) >= 11 is 0. The Morgan fingerprint density at radius 3 is 0.732 bits per heavy atom. The van der Waals surface area contributed by atoms with E-state index in [2.05, 4.69) is 65.4 Å². The molecule has 0 amide bonds. The number of rotatable bonds is 8. The van der Waals surface area contributed by atoms with Crippen LogP contribution in [0.1, 0.15) is 145 Å². The summed E-state index contributed by atoms with van der Waals surface area (Å²) in [7, 11) is 0. The molecule has 4 nitrogen and oxygen atoms in total. The van der Waals surface area contributed by atoms with E-state index in [0.717, 1.165) is 77.0 Å². The first-order valence-electron chi connectivity index (χ1n) is 16.2. The normalized spacial score (nSPS) is 13.1. The molecule has 0 atom stereocenters. The summed E-state index contributed by atoms with van der Waals surface area (Å²) < 4.78 is 0. The molecule has 5 heteroatoms. The Labute approximate surface area is 258 Å². The molecule has 5 rings (SSSR count). The second kappa shape index (κ2) is 13.3. The summed E-state index contributed by atoms with van der Waals surface area (Å²) in [6.45, 7) is 18.5. The van der Waals surface area contributed by atoms with Gasteiger partial charge in [-0.1, -0.05) is 77.6 Å². The van der Waals surface area contributed by atoms with Crippen molar-refractivity contribution in [2.45, 2.75) is 132 Å². The van der Waals surface area contributed by atoms with Crippen molar-refractivity contribution in [2.75, 3.05) is 0 Å². The van der Waals surface area contributed by atoms with Gasteiger partial charge in [0.05, 0.1) is 0 Å². The summed E-state index contributed by atoms with van der Waals surface area (Å²) in [5.41, 5.74) is 22.5. The molecule has 5 heterocycles. The molecule has 0 fully saturated rings. The Morgan fingerprint density at radius 1 is 0.366 bits per heavy atom. The van der Waals surface area contributed by atoms with Gasteiger partial charge in [-0.25, -0.2) is 0 Å². The summed E-state index contributed by atoms with van der Waals surface area (Å²) in [4.78, 5) is 18.8. The summed E-state index contributed by atoms with van der Waals surface area (Å²) in [5.74, 6) is 0. The summed E-state index contributed by atoms with van der Waals surface area (Å²) in [6, 6.07) is 0. The molecule has 1 radical (unpaired) electrons. The minimum atomic E-state index is 0. The number of H-pyrrole nitrogens is 2. The van der Waals surface area contributed by atoms with E-state index in [1.54, 1.807) is 0 Å². The zero-order valence-corrected chi connectivity index (χ0v) is 27.8. The second-order valence-electron chi connectivity index (χ2n) is 11.5. The van der Waals surface area contributed by atoms with Crippen LogP contribution in [0.3, 0.4) is 0 Å². The molecule has 4 aromatic rings. The van der Waals surface area contributed by atoms with E-state index in [4.69, 9.17) is 9.97 Å². The van der Waals surface area contributed by atoms with Gasteiger partial charge in [0, 0.05) is 22.8 Å². The van der Waals surface area contributed by atoms with Gasteiger partial charge in [-0.05, 0) is 99.3 Å². The monoisotopic (exact) mass is 597 g/mol. The zero-order chi connectivity index (χ0) is 28.6. The van der Waals surface area contributed by atoms with Crippen LogP contribution in [0.4, 0.5) is 0 Å². The maximum Gasteiger partial charge on any atom is 2.00 e. The van der Waals surface area contributed by atoms with Crippen molar-refractivity contribution < 1.29 is 16.8 Å². The predicted octanol–water partition coefficient (Wildman–Crippen LogP) is 7.43. The molecule has 0 saturated carbocycles. The third kappa shape index (κ3) is 5.45. The van der Waals surface area contributed by atoms with Crippen LogP contribution in [0, 0.1) is 0 Å². The number of hydrogen-bond acceptors (Lipinski definition) is 0. The van der Waals surface area contributed by atoms with Crippen molar-refractivity contribution in [1.29, 1.82) is 0 Å². The van der Waals surface area contributed by atoms with Gasteiger partial charge in [0.25, 0.3) is 0 Å².